The molecule has 0 saturated carbocycles. The average molecular weight is 523 g/mol. The van der Waals surface area contributed by atoms with Crippen molar-refractivity contribution in [2.45, 2.75) is 78.2 Å². The molecule has 0 spiro atoms. The van der Waals surface area contributed by atoms with Crippen molar-refractivity contribution in [3.8, 4) is 11.5 Å². The van der Waals surface area contributed by atoms with Gasteiger partial charge in [-0.05, 0) is 130 Å². The summed E-state index contributed by atoms with van der Waals surface area (Å²) < 4.78 is 12.8. The zero-order valence-electron chi connectivity index (χ0n) is 22.4. The number of thioether (sulfide) groups is 1. The number of hydrogen-bond acceptors (Lipinski definition) is 6. The molecule has 4 rings (SSSR count). The molecule has 0 bridgehead atoms. The van der Waals surface area contributed by atoms with E-state index in [1.54, 1.807) is 6.08 Å². The summed E-state index contributed by atoms with van der Waals surface area (Å²) in [4.78, 5) is 23.5. The van der Waals surface area contributed by atoms with Crippen LogP contribution >= 0.6 is 11.8 Å². The number of nitrogens with two attached hydrogens (primary N) is 1. The third-order valence-corrected chi connectivity index (χ3v) is 8.34. The van der Waals surface area contributed by atoms with Crippen LogP contribution in [-0.2, 0) is 17.6 Å². The molecule has 1 fully saturated rings. The molecule has 198 valence electrons. The Kier molecular flexibility index (Phi) is 8.65. The molecular weight excluding hydrogens is 484 g/mol. The summed E-state index contributed by atoms with van der Waals surface area (Å²) in [7, 11) is 0. The lowest BCUT2D eigenvalue weighted by Gasteiger charge is -2.38. The predicted octanol–water partition coefficient (Wildman–Crippen LogP) is 6.16. The molecular formula is C30H38N2O4S. The van der Waals surface area contributed by atoms with Crippen molar-refractivity contribution in [1.29, 1.82) is 0 Å². The van der Waals surface area contributed by atoms with Gasteiger partial charge in [0.15, 0.2) is 0 Å². The fraction of sp³-hybridized carbons (Fsp3) is 0.467. The number of fused-ring (bicyclic) bond motifs is 1. The minimum Gasteiger partial charge on any atom is -0.489 e. The number of hydrogen-bond donors (Lipinski definition) is 2. The molecule has 2 amide bonds. The second kappa shape index (κ2) is 11.7. The predicted molar refractivity (Wildman–Crippen MR) is 150 cm³/mol. The van der Waals surface area contributed by atoms with Crippen LogP contribution in [0.2, 0.25) is 0 Å². The van der Waals surface area contributed by atoms with Crippen LogP contribution in [0, 0.1) is 20.8 Å². The van der Waals surface area contributed by atoms with Gasteiger partial charge in [-0.15, -0.1) is 0 Å². The molecule has 2 aromatic rings. The zero-order chi connectivity index (χ0) is 26.6. The van der Waals surface area contributed by atoms with E-state index in [-0.39, 0.29) is 11.1 Å². The Balaban J connectivity index is 1.40. The van der Waals surface area contributed by atoms with Crippen molar-refractivity contribution in [3.63, 3.8) is 0 Å². The van der Waals surface area contributed by atoms with Gasteiger partial charge in [0.2, 0.25) is 0 Å². The van der Waals surface area contributed by atoms with Crippen LogP contribution in [0.3, 0.4) is 0 Å². The van der Waals surface area contributed by atoms with E-state index in [2.05, 4.69) is 33.0 Å². The highest BCUT2D eigenvalue weighted by molar-refractivity contribution is 8.18. The lowest BCUT2D eigenvalue weighted by Crippen LogP contribution is -2.42. The summed E-state index contributed by atoms with van der Waals surface area (Å²) in [6.45, 7) is 10.0. The van der Waals surface area contributed by atoms with Gasteiger partial charge in [-0.1, -0.05) is 25.0 Å². The van der Waals surface area contributed by atoms with Gasteiger partial charge < -0.3 is 15.2 Å². The SMILES string of the molecule is Cc1c(C)c2c(c(C)c1CCCCCCN)CCC(C)(COc1ccc(/C=C3/SC(=O)NC3=O)cc1)O2. The molecule has 2 heterocycles. The van der Waals surface area contributed by atoms with Crippen molar-refractivity contribution in [2.24, 2.45) is 5.73 Å². The van der Waals surface area contributed by atoms with Gasteiger partial charge in [-0.2, -0.15) is 0 Å². The minimum atomic E-state index is -0.417. The first-order valence-corrected chi connectivity index (χ1v) is 14.0. The van der Waals surface area contributed by atoms with Crippen LogP contribution in [0.5, 0.6) is 11.5 Å². The van der Waals surface area contributed by atoms with E-state index in [0.717, 1.165) is 61.1 Å². The van der Waals surface area contributed by atoms with Crippen molar-refractivity contribution >= 4 is 29.0 Å². The summed E-state index contributed by atoms with van der Waals surface area (Å²) in [5, 5.41) is 1.93. The number of imide groups is 1. The monoisotopic (exact) mass is 522 g/mol. The topological polar surface area (TPSA) is 90.6 Å². The molecule has 2 aliphatic heterocycles. The fourth-order valence-corrected chi connectivity index (χ4v) is 5.81. The Morgan fingerprint density at radius 2 is 1.78 bits per heavy atom. The number of benzene rings is 2. The first-order chi connectivity index (χ1) is 17.7. The smallest absolute Gasteiger partial charge is 0.290 e. The normalized spacial score (nSPS) is 20.1. The molecule has 1 saturated heterocycles. The first-order valence-electron chi connectivity index (χ1n) is 13.2. The Bertz CT molecular complexity index is 1210. The number of amides is 2. The molecule has 7 heteroatoms. The highest BCUT2D eigenvalue weighted by Crippen LogP contribution is 2.41. The van der Waals surface area contributed by atoms with Crippen LogP contribution in [0.15, 0.2) is 29.2 Å². The summed E-state index contributed by atoms with van der Waals surface area (Å²) in [6, 6.07) is 7.52. The van der Waals surface area contributed by atoms with Crippen molar-refractivity contribution in [1.82, 2.24) is 5.32 Å². The Morgan fingerprint density at radius 1 is 1.05 bits per heavy atom. The Hall–Kier alpha value is -2.77. The zero-order valence-corrected chi connectivity index (χ0v) is 23.2. The van der Waals surface area contributed by atoms with Crippen LogP contribution in [0.1, 0.15) is 72.4 Å². The highest BCUT2D eigenvalue weighted by Gasteiger charge is 2.35. The molecule has 1 atom stereocenters. The maximum Gasteiger partial charge on any atom is 0.290 e. The Morgan fingerprint density at radius 3 is 2.46 bits per heavy atom. The average Bonchev–Trinajstić information content (AvgIpc) is 3.20. The van der Waals surface area contributed by atoms with Crippen molar-refractivity contribution in [2.75, 3.05) is 13.2 Å². The summed E-state index contributed by atoms with van der Waals surface area (Å²) >= 11 is 0.915. The Labute approximate surface area is 224 Å². The van der Waals surface area contributed by atoms with Gasteiger partial charge in [0.05, 0.1) is 4.91 Å². The van der Waals surface area contributed by atoms with Gasteiger partial charge >= 0.3 is 0 Å². The molecule has 1 unspecified atom stereocenters. The second-order valence-corrected chi connectivity index (χ2v) is 11.4. The van der Waals surface area contributed by atoms with Gasteiger partial charge in [0.25, 0.3) is 11.1 Å². The molecule has 6 nitrogen and oxygen atoms in total. The maximum atomic E-state index is 11.8. The number of unbranched alkanes of at least 4 members (excludes halogenated alkanes) is 3. The number of nitrogens with one attached hydrogen (secondary N) is 1. The molecule has 2 aliphatic rings. The number of rotatable bonds is 10. The minimum absolute atomic E-state index is 0.339. The quantitative estimate of drug-likeness (QED) is 0.287. The van der Waals surface area contributed by atoms with E-state index in [1.165, 1.54) is 47.1 Å². The molecule has 2 aromatic carbocycles. The van der Waals surface area contributed by atoms with Gasteiger partial charge in [0, 0.05) is 0 Å². The van der Waals surface area contributed by atoms with E-state index >= 15 is 0 Å². The fourth-order valence-electron chi connectivity index (χ4n) is 5.13. The molecule has 0 aliphatic carbocycles. The van der Waals surface area contributed by atoms with Crippen molar-refractivity contribution in [3.05, 3.63) is 62.6 Å². The highest BCUT2D eigenvalue weighted by atomic mass is 32.2. The van der Waals surface area contributed by atoms with Gasteiger partial charge in [-0.3, -0.25) is 14.9 Å². The lowest BCUT2D eigenvalue weighted by molar-refractivity contribution is -0.115. The van der Waals surface area contributed by atoms with E-state index in [1.807, 2.05) is 24.3 Å². The number of ether oxygens (including phenoxy) is 2. The van der Waals surface area contributed by atoms with Crippen LogP contribution in [0.25, 0.3) is 6.08 Å². The molecule has 0 aromatic heterocycles. The summed E-state index contributed by atoms with van der Waals surface area (Å²) in [6.07, 6.45) is 9.44. The number of carbonyl (C=O) groups excluding carboxylic acids is 2. The van der Waals surface area contributed by atoms with Crippen LogP contribution in [0.4, 0.5) is 4.79 Å². The maximum absolute atomic E-state index is 11.8. The van der Waals surface area contributed by atoms with E-state index < -0.39 is 5.60 Å². The summed E-state index contributed by atoms with van der Waals surface area (Å²) in [5.74, 6) is 1.42. The van der Waals surface area contributed by atoms with Crippen LogP contribution < -0.4 is 20.5 Å². The van der Waals surface area contributed by atoms with E-state index in [4.69, 9.17) is 15.2 Å². The van der Waals surface area contributed by atoms with Crippen LogP contribution in [-0.4, -0.2) is 29.9 Å². The third-order valence-electron chi connectivity index (χ3n) is 7.53. The lowest BCUT2D eigenvalue weighted by atomic mass is 9.84. The van der Waals surface area contributed by atoms with E-state index in [9.17, 15) is 9.59 Å². The van der Waals surface area contributed by atoms with Gasteiger partial charge in [-0.25, -0.2) is 0 Å². The first kappa shape index (κ1) is 27.3. The molecule has 3 N–H and O–H groups in total. The molecule has 37 heavy (non-hydrogen) atoms. The summed E-state index contributed by atoms with van der Waals surface area (Å²) in [5.41, 5.74) is 12.9. The largest absolute Gasteiger partial charge is 0.489 e. The number of carbonyl (C=O) groups is 2. The molecule has 0 radical (unpaired) electrons. The van der Waals surface area contributed by atoms with Crippen molar-refractivity contribution < 1.29 is 19.1 Å². The van der Waals surface area contributed by atoms with Gasteiger partial charge in [0.1, 0.15) is 23.7 Å². The third kappa shape index (κ3) is 6.39. The standard InChI is InChI=1S/C30H38N2O4S/c1-19-20(2)27-25(21(3)24(19)9-7-5-6-8-16-31)14-15-30(4,36-27)18-35-23-12-10-22(11-13-23)17-26-28(33)32-29(34)37-26/h10-13,17H,5-9,14-16,18,31H2,1-4H3,(H,32,33,34)/b26-17+. The van der Waals surface area contributed by atoms with E-state index in [0.29, 0.717) is 11.5 Å². The second-order valence-electron chi connectivity index (χ2n) is 10.4.